The molecule has 1 saturated heterocycles. The molecule has 0 saturated carbocycles. The Balaban J connectivity index is 1.73. The Morgan fingerprint density at radius 1 is 1.09 bits per heavy atom. The largest absolute Gasteiger partial charge is 0.497 e. The molecule has 166 valence electrons. The molecule has 2 amide bonds. The highest BCUT2D eigenvalue weighted by molar-refractivity contribution is 5.97. The van der Waals surface area contributed by atoms with Crippen LogP contribution in [0.15, 0.2) is 42.5 Å². The number of H-pyrrole nitrogens is 1. The second kappa shape index (κ2) is 7.89. The highest BCUT2D eigenvalue weighted by Crippen LogP contribution is 2.45. The fourth-order valence-electron chi connectivity index (χ4n) is 5.15. The highest BCUT2D eigenvalue weighted by Gasteiger charge is 2.48. The minimum absolute atomic E-state index is 0.0138. The Hall–Kier alpha value is -3.48. The summed E-state index contributed by atoms with van der Waals surface area (Å²) in [5.74, 6) is 1.26. The maximum atomic E-state index is 13.5. The van der Waals surface area contributed by atoms with Crippen LogP contribution >= 0.6 is 0 Å². The molecule has 0 spiro atoms. The molecule has 5 rings (SSSR count). The standard InChI is InChI=1S/C25H27N3O4/c1-4-11-27-14-22(29)28-20(25(27)30)13-18-16-7-5-6-8-19(16)26-23(18)24(28)17-10-9-15(31-2)12-21(17)32-3/h5-10,12,20,24,26H,4,11,13-14H2,1-3H3/t20-,24+/m0/s1. The van der Waals surface area contributed by atoms with E-state index in [1.807, 2.05) is 43.3 Å². The number of para-hydroxylation sites is 1. The van der Waals surface area contributed by atoms with E-state index < -0.39 is 12.1 Å². The van der Waals surface area contributed by atoms with Crippen molar-refractivity contribution >= 4 is 22.7 Å². The zero-order valence-corrected chi connectivity index (χ0v) is 18.6. The van der Waals surface area contributed by atoms with Gasteiger partial charge in [0.25, 0.3) is 0 Å². The molecule has 2 aromatic carbocycles. The molecule has 32 heavy (non-hydrogen) atoms. The van der Waals surface area contributed by atoms with Crippen molar-refractivity contribution in [3.05, 3.63) is 59.3 Å². The van der Waals surface area contributed by atoms with E-state index in [9.17, 15) is 9.59 Å². The van der Waals surface area contributed by atoms with E-state index in [0.717, 1.165) is 34.1 Å². The van der Waals surface area contributed by atoms with Gasteiger partial charge in [0.1, 0.15) is 23.6 Å². The first kappa shape index (κ1) is 20.4. The number of fused-ring (bicyclic) bond motifs is 4. The van der Waals surface area contributed by atoms with Gasteiger partial charge in [-0.15, -0.1) is 0 Å². The third-order valence-corrected chi connectivity index (χ3v) is 6.57. The Kier molecular flexibility index (Phi) is 5.04. The fraction of sp³-hybridized carbons (Fsp3) is 0.360. The lowest BCUT2D eigenvalue weighted by atomic mass is 9.85. The molecule has 1 aromatic heterocycles. The van der Waals surface area contributed by atoms with Crippen LogP contribution in [-0.2, 0) is 16.0 Å². The van der Waals surface area contributed by atoms with Crippen molar-refractivity contribution in [3.63, 3.8) is 0 Å². The number of nitrogens with zero attached hydrogens (tertiary/aromatic N) is 2. The molecular weight excluding hydrogens is 406 g/mol. The molecule has 2 aliphatic heterocycles. The number of nitrogens with one attached hydrogen (secondary N) is 1. The van der Waals surface area contributed by atoms with Crippen molar-refractivity contribution in [3.8, 4) is 11.5 Å². The summed E-state index contributed by atoms with van der Waals surface area (Å²) in [6, 6.07) is 12.7. The van der Waals surface area contributed by atoms with Gasteiger partial charge in [-0.25, -0.2) is 0 Å². The monoisotopic (exact) mass is 433 g/mol. The van der Waals surface area contributed by atoms with Crippen LogP contribution in [0.2, 0.25) is 0 Å². The molecule has 7 heteroatoms. The number of methoxy groups -OCH3 is 2. The smallest absolute Gasteiger partial charge is 0.246 e. The Labute approximate surface area is 186 Å². The van der Waals surface area contributed by atoms with Crippen molar-refractivity contribution in [2.75, 3.05) is 27.3 Å². The van der Waals surface area contributed by atoms with Gasteiger partial charge in [0.2, 0.25) is 11.8 Å². The van der Waals surface area contributed by atoms with E-state index in [4.69, 9.17) is 9.47 Å². The topological polar surface area (TPSA) is 74.9 Å². The maximum absolute atomic E-state index is 13.5. The molecule has 0 aliphatic carbocycles. The molecule has 7 nitrogen and oxygen atoms in total. The van der Waals surface area contributed by atoms with Crippen LogP contribution in [0, 0.1) is 0 Å². The Morgan fingerprint density at radius 3 is 2.66 bits per heavy atom. The number of carbonyl (C=O) groups excluding carboxylic acids is 2. The van der Waals surface area contributed by atoms with Gasteiger partial charge in [0.15, 0.2) is 0 Å². The molecule has 1 N–H and O–H groups in total. The lowest BCUT2D eigenvalue weighted by Gasteiger charge is -2.47. The summed E-state index contributed by atoms with van der Waals surface area (Å²) in [6.07, 6.45) is 1.32. The van der Waals surface area contributed by atoms with E-state index in [0.29, 0.717) is 24.5 Å². The molecule has 3 heterocycles. The lowest BCUT2D eigenvalue weighted by molar-refractivity contribution is -0.158. The van der Waals surface area contributed by atoms with Crippen LogP contribution in [-0.4, -0.2) is 59.9 Å². The third kappa shape index (κ3) is 3.03. The number of rotatable bonds is 5. The van der Waals surface area contributed by atoms with Crippen molar-refractivity contribution < 1.29 is 19.1 Å². The van der Waals surface area contributed by atoms with Crippen LogP contribution in [0.3, 0.4) is 0 Å². The minimum Gasteiger partial charge on any atom is -0.497 e. The Bertz CT molecular complexity index is 1200. The van der Waals surface area contributed by atoms with Gasteiger partial charge in [0, 0.05) is 41.2 Å². The number of carbonyl (C=O) groups is 2. The van der Waals surface area contributed by atoms with E-state index in [1.165, 1.54) is 0 Å². The molecule has 0 unspecified atom stereocenters. The third-order valence-electron chi connectivity index (χ3n) is 6.57. The summed E-state index contributed by atoms with van der Waals surface area (Å²) in [4.78, 5) is 33.9. The van der Waals surface area contributed by atoms with Crippen molar-refractivity contribution in [1.82, 2.24) is 14.8 Å². The van der Waals surface area contributed by atoms with Gasteiger partial charge in [-0.1, -0.05) is 25.1 Å². The highest BCUT2D eigenvalue weighted by atomic mass is 16.5. The van der Waals surface area contributed by atoms with Crippen LogP contribution in [0.1, 0.15) is 36.2 Å². The predicted octanol–water partition coefficient (Wildman–Crippen LogP) is 3.28. The average Bonchev–Trinajstić information content (AvgIpc) is 3.19. The SMILES string of the molecule is CCCN1CC(=O)N2[C@H](c3ccc(OC)cc3OC)c3[nH]c4ccccc4c3C[C@H]2C1=O. The normalized spacial score (nSPS) is 20.3. The summed E-state index contributed by atoms with van der Waals surface area (Å²) in [5, 5.41) is 1.09. The van der Waals surface area contributed by atoms with E-state index in [-0.39, 0.29) is 18.4 Å². The number of ether oxygens (including phenoxy) is 2. The predicted molar refractivity (Wildman–Crippen MR) is 121 cm³/mol. The molecule has 2 aliphatic rings. The van der Waals surface area contributed by atoms with Crippen LogP contribution in [0.5, 0.6) is 11.5 Å². The van der Waals surface area contributed by atoms with E-state index in [1.54, 1.807) is 24.0 Å². The first-order valence-electron chi connectivity index (χ1n) is 11.0. The van der Waals surface area contributed by atoms with Crippen LogP contribution in [0.4, 0.5) is 0 Å². The number of piperazine rings is 1. The van der Waals surface area contributed by atoms with Crippen molar-refractivity contribution in [1.29, 1.82) is 0 Å². The van der Waals surface area contributed by atoms with Gasteiger partial charge in [-0.2, -0.15) is 0 Å². The molecule has 2 atom stereocenters. The summed E-state index contributed by atoms with van der Waals surface area (Å²) in [7, 11) is 3.22. The quantitative estimate of drug-likeness (QED) is 0.670. The molecule has 0 radical (unpaired) electrons. The fourth-order valence-corrected chi connectivity index (χ4v) is 5.15. The Morgan fingerprint density at radius 2 is 1.91 bits per heavy atom. The van der Waals surface area contributed by atoms with E-state index >= 15 is 0 Å². The van der Waals surface area contributed by atoms with Gasteiger partial charge in [0.05, 0.1) is 20.8 Å². The van der Waals surface area contributed by atoms with Crippen molar-refractivity contribution in [2.45, 2.75) is 31.8 Å². The summed E-state index contributed by atoms with van der Waals surface area (Å²) >= 11 is 0. The second-order valence-corrected chi connectivity index (χ2v) is 8.35. The lowest BCUT2D eigenvalue weighted by Crippen LogP contribution is -2.63. The zero-order chi connectivity index (χ0) is 22.4. The number of aromatic amines is 1. The molecular formula is C25H27N3O4. The number of hydrogen-bond donors (Lipinski definition) is 1. The van der Waals surface area contributed by atoms with Gasteiger partial charge < -0.3 is 24.3 Å². The van der Waals surface area contributed by atoms with Crippen LogP contribution in [0.25, 0.3) is 10.9 Å². The first-order valence-corrected chi connectivity index (χ1v) is 11.0. The van der Waals surface area contributed by atoms with Gasteiger partial charge in [-0.3, -0.25) is 9.59 Å². The first-order chi connectivity index (χ1) is 15.6. The second-order valence-electron chi connectivity index (χ2n) is 8.35. The number of hydrogen-bond acceptors (Lipinski definition) is 4. The number of aromatic nitrogens is 1. The van der Waals surface area contributed by atoms with E-state index in [2.05, 4.69) is 11.1 Å². The average molecular weight is 434 g/mol. The summed E-state index contributed by atoms with van der Waals surface area (Å²) < 4.78 is 11.1. The number of benzene rings is 2. The minimum atomic E-state index is -0.536. The van der Waals surface area contributed by atoms with Crippen LogP contribution < -0.4 is 9.47 Å². The molecule has 0 bridgehead atoms. The van der Waals surface area contributed by atoms with Gasteiger partial charge >= 0.3 is 0 Å². The molecule has 1 fully saturated rings. The summed E-state index contributed by atoms with van der Waals surface area (Å²) in [6.45, 7) is 2.72. The van der Waals surface area contributed by atoms with Gasteiger partial charge in [-0.05, 0) is 30.2 Å². The number of amides is 2. The zero-order valence-electron chi connectivity index (χ0n) is 18.6. The summed E-state index contributed by atoms with van der Waals surface area (Å²) in [5.41, 5.74) is 3.86. The van der Waals surface area contributed by atoms with Crippen molar-refractivity contribution in [2.24, 2.45) is 0 Å². The maximum Gasteiger partial charge on any atom is 0.246 e. The molecule has 3 aromatic rings.